The van der Waals surface area contributed by atoms with Crippen molar-refractivity contribution in [3.8, 4) is 5.75 Å². The SMILES string of the molecule is CCOC(=O)[C@@H]1C(=O)C=C(c2cccc(OC)c2)C[C@@H]1c1ccccc1C. The Bertz CT molecular complexity index is 881. The molecular weight excluding hydrogens is 340 g/mol. The third-order valence-corrected chi connectivity index (χ3v) is 5.03. The molecule has 140 valence electrons. The predicted octanol–water partition coefficient (Wildman–Crippen LogP) is 4.32. The maximum Gasteiger partial charge on any atom is 0.317 e. The van der Waals surface area contributed by atoms with E-state index in [1.54, 1.807) is 20.1 Å². The summed E-state index contributed by atoms with van der Waals surface area (Å²) in [7, 11) is 1.62. The minimum Gasteiger partial charge on any atom is -0.497 e. The zero-order valence-corrected chi connectivity index (χ0v) is 15.9. The van der Waals surface area contributed by atoms with E-state index in [4.69, 9.17) is 9.47 Å². The van der Waals surface area contributed by atoms with Crippen LogP contribution in [0.2, 0.25) is 0 Å². The smallest absolute Gasteiger partial charge is 0.317 e. The van der Waals surface area contributed by atoms with Gasteiger partial charge in [0, 0.05) is 5.92 Å². The van der Waals surface area contributed by atoms with Crippen LogP contribution in [0.1, 0.15) is 36.0 Å². The van der Waals surface area contributed by atoms with Crippen LogP contribution in [0, 0.1) is 12.8 Å². The van der Waals surface area contributed by atoms with Gasteiger partial charge < -0.3 is 9.47 Å². The Hall–Kier alpha value is -2.88. The van der Waals surface area contributed by atoms with Gasteiger partial charge in [0.15, 0.2) is 5.78 Å². The van der Waals surface area contributed by atoms with Crippen LogP contribution < -0.4 is 4.74 Å². The summed E-state index contributed by atoms with van der Waals surface area (Å²) in [6, 6.07) is 15.6. The van der Waals surface area contributed by atoms with Crippen molar-refractivity contribution in [3.05, 3.63) is 71.3 Å². The number of benzene rings is 2. The summed E-state index contributed by atoms with van der Waals surface area (Å²) in [5, 5.41) is 0. The van der Waals surface area contributed by atoms with E-state index in [0.29, 0.717) is 6.42 Å². The lowest BCUT2D eigenvalue weighted by Gasteiger charge is -2.30. The van der Waals surface area contributed by atoms with E-state index in [9.17, 15) is 9.59 Å². The van der Waals surface area contributed by atoms with Gasteiger partial charge in [0.1, 0.15) is 11.7 Å². The van der Waals surface area contributed by atoms with E-state index in [1.165, 1.54) is 0 Å². The van der Waals surface area contributed by atoms with Crippen molar-refractivity contribution in [1.29, 1.82) is 0 Å². The van der Waals surface area contributed by atoms with Gasteiger partial charge in [-0.15, -0.1) is 0 Å². The number of aryl methyl sites for hydroxylation is 1. The van der Waals surface area contributed by atoms with Gasteiger partial charge >= 0.3 is 5.97 Å². The molecule has 4 heteroatoms. The lowest BCUT2D eigenvalue weighted by Crippen LogP contribution is -2.34. The molecule has 0 bridgehead atoms. The van der Waals surface area contributed by atoms with Gasteiger partial charge in [0.05, 0.1) is 13.7 Å². The third kappa shape index (κ3) is 3.95. The molecule has 0 saturated heterocycles. The van der Waals surface area contributed by atoms with Crippen molar-refractivity contribution in [3.63, 3.8) is 0 Å². The van der Waals surface area contributed by atoms with Gasteiger partial charge in [-0.2, -0.15) is 0 Å². The minimum atomic E-state index is -0.805. The number of ether oxygens (including phenoxy) is 2. The molecular formula is C23H24O4. The van der Waals surface area contributed by atoms with Gasteiger partial charge in [-0.05, 0) is 60.7 Å². The highest BCUT2D eigenvalue weighted by Gasteiger charge is 2.40. The summed E-state index contributed by atoms with van der Waals surface area (Å²) in [6.45, 7) is 4.02. The van der Waals surface area contributed by atoms with Gasteiger partial charge in [-0.1, -0.05) is 36.4 Å². The molecule has 27 heavy (non-hydrogen) atoms. The van der Waals surface area contributed by atoms with Gasteiger partial charge in [0.2, 0.25) is 0 Å². The monoisotopic (exact) mass is 364 g/mol. The second-order valence-electron chi connectivity index (χ2n) is 6.70. The number of esters is 1. The standard InChI is InChI=1S/C23H24O4/c1-4-27-23(25)22-20(19-11-6-5-8-15(19)2)13-17(14-21(22)24)16-9-7-10-18(12-16)26-3/h5-12,14,20,22H,4,13H2,1-3H3/t20-,22+/m1/s1. The number of methoxy groups -OCH3 is 1. The molecule has 0 spiro atoms. The molecule has 2 aromatic rings. The zero-order valence-electron chi connectivity index (χ0n) is 15.9. The number of ketones is 1. The first kappa shape index (κ1) is 18.9. The minimum absolute atomic E-state index is 0.203. The average molecular weight is 364 g/mol. The van der Waals surface area contributed by atoms with Crippen LogP contribution in [0.5, 0.6) is 5.75 Å². The molecule has 2 atom stereocenters. The molecule has 0 radical (unpaired) electrons. The first-order valence-electron chi connectivity index (χ1n) is 9.16. The summed E-state index contributed by atoms with van der Waals surface area (Å²) < 4.78 is 10.5. The molecule has 0 heterocycles. The largest absolute Gasteiger partial charge is 0.497 e. The lowest BCUT2D eigenvalue weighted by atomic mass is 9.72. The first-order chi connectivity index (χ1) is 13.0. The number of hydrogen-bond donors (Lipinski definition) is 0. The van der Waals surface area contributed by atoms with E-state index < -0.39 is 11.9 Å². The molecule has 1 aliphatic carbocycles. The molecule has 3 rings (SSSR count). The van der Waals surface area contributed by atoms with Crippen LogP contribution in [0.25, 0.3) is 5.57 Å². The first-order valence-corrected chi connectivity index (χ1v) is 9.16. The van der Waals surface area contributed by atoms with Gasteiger partial charge in [-0.25, -0.2) is 0 Å². The molecule has 0 fully saturated rings. The molecule has 0 saturated carbocycles. The number of carbonyl (C=O) groups is 2. The highest BCUT2D eigenvalue weighted by molar-refractivity contribution is 6.10. The summed E-state index contributed by atoms with van der Waals surface area (Å²) in [4.78, 5) is 25.5. The topological polar surface area (TPSA) is 52.6 Å². The fraction of sp³-hybridized carbons (Fsp3) is 0.304. The predicted molar refractivity (Wildman–Crippen MR) is 105 cm³/mol. The van der Waals surface area contributed by atoms with E-state index >= 15 is 0 Å². The zero-order chi connectivity index (χ0) is 19.4. The quantitative estimate of drug-likeness (QED) is 0.586. The fourth-order valence-corrected chi connectivity index (χ4v) is 3.70. The van der Waals surface area contributed by atoms with E-state index in [-0.39, 0.29) is 18.3 Å². The summed E-state index contributed by atoms with van der Waals surface area (Å²) in [5.74, 6) is -0.965. The van der Waals surface area contributed by atoms with Gasteiger partial charge in [0.25, 0.3) is 0 Å². The Morgan fingerprint density at radius 3 is 2.63 bits per heavy atom. The highest BCUT2D eigenvalue weighted by atomic mass is 16.5. The Morgan fingerprint density at radius 2 is 1.93 bits per heavy atom. The summed E-state index contributed by atoms with van der Waals surface area (Å²) >= 11 is 0. The van der Waals surface area contributed by atoms with E-state index in [2.05, 4.69) is 0 Å². The molecule has 2 aromatic carbocycles. The van der Waals surface area contributed by atoms with E-state index in [0.717, 1.165) is 28.0 Å². The maximum atomic E-state index is 12.9. The fourth-order valence-electron chi connectivity index (χ4n) is 3.70. The Balaban J connectivity index is 2.05. The molecule has 1 aliphatic rings. The molecule has 0 N–H and O–H groups in total. The number of rotatable bonds is 5. The van der Waals surface area contributed by atoms with E-state index in [1.807, 2.05) is 55.5 Å². The van der Waals surface area contributed by atoms with Crippen LogP contribution in [-0.4, -0.2) is 25.5 Å². The normalized spacial score (nSPS) is 19.4. The number of hydrogen-bond acceptors (Lipinski definition) is 4. The van der Waals surface area contributed by atoms with Crippen molar-refractivity contribution >= 4 is 17.3 Å². The van der Waals surface area contributed by atoms with Crippen molar-refractivity contribution in [2.45, 2.75) is 26.2 Å². The van der Waals surface area contributed by atoms with Crippen LogP contribution in [-0.2, 0) is 14.3 Å². The van der Waals surface area contributed by atoms with Crippen molar-refractivity contribution < 1.29 is 19.1 Å². The van der Waals surface area contributed by atoms with Crippen molar-refractivity contribution in [1.82, 2.24) is 0 Å². The molecule has 0 aromatic heterocycles. The lowest BCUT2D eigenvalue weighted by molar-refractivity contribution is -0.151. The summed E-state index contributed by atoms with van der Waals surface area (Å²) in [5.41, 5.74) is 3.92. The second-order valence-corrected chi connectivity index (χ2v) is 6.70. The molecule has 0 aliphatic heterocycles. The Labute approximate surface area is 159 Å². The number of carbonyl (C=O) groups excluding carboxylic acids is 2. The maximum absolute atomic E-state index is 12.9. The van der Waals surface area contributed by atoms with Crippen LogP contribution in [0.15, 0.2) is 54.6 Å². The van der Waals surface area contributed by atoms with Crippen molar-refractivity contribution in [2.24, 2.45) is 5.92 Å². The molecule has 0 amide bonds. The van der Waals surface area contributed by atoms with Crippen LogP contribution in [0.4, 0.5) is 0 Å². The Kier molecular flexibility index (Phi) is 5.75. The van der Waals surface area contributed by atoms with Crippen LogP contribution in [0.3, 0.4) is 0 Å². The average Bonchev–Trinajstić information content (AvgIpc) is 2.68. The van der Waals surface area contributed by atoms with Gasteiger partial charge in [-0.3, -0.25) is 9.59 Å². The van der Waals surface area contributed by atoms with Crippen LogP contribution >= 0.6 is 0 Å². The second kappa shape index (κ2) is 8.21. The molecule has 0 unspecified atom stereocenters. The number of allylic oxidation sites excluding steroid dienone is 2. The third-order valence-electron chi connectivity index (χ3n) is 5.03. The summed E-state index contributed by atoms with van der Waals surface area (Å²) in [6.07, 6.45) is 2.18. The highest BCUT2D eigenvalue weighted by Crippen LogP contribution is 2.41. The Morgan fingerprint density at radius 1 is 1.15 bits per heavy atom. The van der Waals surface area contributed by atoms with Crippen molar-refractivity contribution in [2.75, 3.05) is 13.7 Å². The molecule has 4 nitrogen and oxygen atoms in total.